The van der Waals surface area contributed by atoms with Gasteiger partial charge in [-0.2, -0.15) is 15.6 Å². The van der Waals surface area contributed by atoms with Gasteiger partial charge in [-0.15, -0.1) is 0 Å². The van der Waals surface area contributed by atoms with E-state index >= 15 is 0 Å². The van der Waals surface area contributed by atoms with Gasteiger partial charge in [-0.25, -0.2) is 23.2 Å². The van der Waals surface area contributed by atoms with Crippen molar-refractivity contribution in [1.29, 1.82) is 10.5 Å². The number of halogens is 3. The van der Waals surface area contributed by atoms with Crippen molar-refractivity contribution in [1.82, 2.24) is 14.8 Å². The number of nitrogens with two attached hydrogens (primary N) is 1. The second-order valence-electron chi connectivity index (χ2n) is 6.38. The number of nitriles is 2. The third-order valence-corrected chi connectivity index (χ3v) is 6.03. The summed E-state index contributed by atoms with van der Waals surface area (Å²) >= 11 is 7.28. The molecule has 2 unspecified atom stereocenters. The van der Waals surface area contributed by atoms with Crippen LogP contribution in [0.2, 0.25) is 5.02 Å². The predicted octanol–water partition coefficient (Wildman–Crippen LogP) is 3.97. The van der Waals surface area contributed by atoms with Crippen molar-refractivity contribution in [2.45, 2.75) is 22.9 Å². The lowest BCUT2D eigenvalue weighted by Crippen LogP contribution is -2.53. The second-order valence-corrected chi connectivity index (χ2v) is 8.60. The Labute approximate surface area is 205 Å². The maximum absolute atomic E-state index is 14.4. The molecular weight excluding hydrogens is 510 g/mol. The monoisotopic (exact) mass is 522 g/mol. The first-order chi connectivity index (χ1) is 16.3. The summed E-state index contributed by atoms with van der Waals surface area (Å²) in [7, 11) is 0. The van der Waals surface area contributed by atoms with Crippen LogP contribution in [0.5, 0.6) is 5.75 Å². The number of carbonyl (C=O) groups is 1. The molecule has 0 amide bonds. The van der Waals surface area contributed by atoms with E-state index in [1.165, 1.54) is 12.1 Å². The molecule has 0 spiro atoms. The van der Waals surface area contributed by atoms with Gasteiger partial charge >= 0.3 is 5.97 Å². The number of hydrogen-bond donors (Lipinski definition) is 1. The van der Waals surface area contributed by atoms with E-state index in [0.717, 1.165) is 23.1 Å². The summed E-state index contributed by atoms with van der Waals surface area (Å²) < 4.78 is 39.8. The minimum atomic E-state index is -2.26. The summed E-state index contributed by atoms with van der Waals surface area (Å²) in [6.07, 6.45) is -0.387. The Morgan fingerprint density at radius 2 is 2.03 bits per heavy atom. The summed E-state index contributed by atoms with van der Waals surface area (Å²) in [4.78, 5) is 14.7. The summed E-state index contributed by atoms with van der Waals surface area (Å²) in [5.74, 6) is -3.47. The molecule has 0 bridgehead atoms. The summed E-state index contributed by atoms with van der Waals surface area (Å²) in [6, 6.07) is 8.69. The molecule has 174 valence electrons. The number of hydrogen-bond acceptors (Lipinski definition) is 10. The number of nitrogens with zero attached hydrogens (tertiary/aromatic N) is 5. The summed E-state index contributed by atoms with van der Waals surface area (Å²) in [6.45, 7) is -0.492. The van der Waals surface area contributed by atoms with Gasteiger partial charge in [-0.1, -0.05) is 29.8 Å². The van der Waals surface area contributed by atoms with Crippen LogP contribution >= 0.6 is 35.1 Å². The van der Waals surface area contributed by atoms with E-state index in [0.29, 0.717) is 29.6 Å². The SMILES string of the molecule is N#CSc1ncnn1COC(=O)C(N)(SC#N)C(Oc1ccc(F)cc1F)c1ccccc1Cl. The average molecular weight is 523 g/mol. The number of ether oxygens (including phenoxy) is 2. The van der Waals surface area contributed by atoms with Crippen LogP contribution in [0.4, 0.5) is 8.78 Å². The molecule has 2 atom stereocenters. The summed E-state index contributed by atoms with van der Waals surface area (Å²) in [5, 5.41) is 25.9. The number of esters is 1. The number of rotatable bonds is 9. The van der Waals surface area contributed by atoms with Gasteiger partial charge in [0.25, 0.3) is 0 Å². The number of thioether (sulfide) groups is 2. The van der Waals surface area contributed by atoms with Gasteiger partial charge in [0.15, 0.2) is 24.4 Å². The zero-order valence-corrected chi connectivity index (χ0v) is 19.3. The Morgan fingerprint density at radius 3 is 2.71 bits per heavy atom. The van der Waals surface area contributed by atoms with Crippen LogP contribution in [0, 0.1) is 33.0 Å². The molecule has 2 N–H and O–H groups in total. The zero-order chi connectivity index (χ0) is 24.7. The van der Waals surface area contributed by atoms with Gasteiger partial charge in [0, 0.05) is 28.4 Å². The van der Waals surface area contributed by atoms with Crippen molar-refractivity contribution in [3.8, 4) is 16.6 Å². The van der Waals surface area contributed by atoms with E-state index in [-0.39, 0.29) is 15.7 Å². The zero-order valence-electron chi connectivity index (χ0n) is 16.9. The van der Waals surface area contributed by atoms with Crippen molar-refractivity contribution in [3.63, 3.8) is 0 Å². The highest BCUT2D eigenvalue weighted by Gasteiger charge is 2.49. The highest BCUT2D eigenvalue weighted by atomic mass is 35.5. The average Bonchev–Trinajstić information content (AvgIpc) is 3.25. The van der Waals surface area contributed by atoms with Gasteiger partial charge in [-0.3, -0.25) is 0 Å². The normalized spacial score (nSPS) is 13.2. The number of carbonyl (C=O) groups excluding carboxylic acids is 1. The molecule has 1 aromatic heterocycles. The van der Waals surface area contributed by atoms with Crippen LogP contribution in [0.15, 0.2) is 53.9 Å². The fourth-order valence-electron chi connectivity index (χ4n) is 2.74. The Bertz CT molecular complexity index is 1280. The maximum Gasteiger partial charge on any atom is 0.343 e. The lowest BCUT2D eigenvalue weighted by molar-refractivity contribution is -0.154. The predicted molar refractivity (Wildman–Crippen MR) is 119 cm³/mol. The molecule has 0 saturated heterocycles. The standard InChI is InChI=1S/C20H13ClF2N6O3S2/c21-14-4-2-1-3-13(14)17(32-16-6-5-12(22)7-15(16)23)20(26,34-9-25)18(30)31-11-29-19(33-8-24)27-10-28-29/h1-7,10,17H,11,26H2. The molecule has 3 rings (SSSR count). The van der Waals surface area contributed by atoms with Gasteiger partial charge < -0.3 is 15.2 Å². The van der Waals surface area contributed by atoms with Gasteiger partial charge in [0.1, 0.15) is 22.9 Å². The molecule has 0 radical (unpaired) electrons. The van der Waals surface area contributed by atoms with E-state index < -0.39 is 41.1 Å². The minimum absolute atomic E-state index is 0.111. The smallest absolute Gasteiger partial charge is 0.343 e. The Balaban J connectivity index is 1.99. The maximum atomic E-state index is 14.4. The lowest BCUT2D eigenvalue weighted by atomic mass is 10.0. The van der Waals surface area contributed by atoms with Crippen LogP contribution in [0.3, 0.4) is 0 Å². The quantitative estimate of drug-likeness (QED) is 0.190. The van der Waals surface area contributed by atoms with Gasteiger partial charge in [0.2, 0.25) is 10.0 Å². The molecule has 0 saturated carbocycles. The van der Waals surface area contributed by atoms with Crippen LogP contribution in [-0.4, -0.2) is 25.6 Å². The molecule has 14 heteroatoms. The van der Waals surface area contributed by atoms with E-state index in [1.807, 2.05) is 5.40 Å². The van der Waals surface area contributed by atoms with Crippen molar-refractivity contribution in [2.24, 2.45) is 5.73 Å². The second kappa shape index (κ2) is 11.2. The van der Waals surface area contributed by atoms with Gasteiger partial charge in [-0.05, 0) is 30.0 Å². The molecule has 0 fully saturated rings. The molecule has 1 heterocycles. The number of aromatic nitrogens is 3. The molecule has 3 aromatic rings. The number of benzene rings is 2. The van der Waals surface area contributed by atoms with Crippen LogP contribution in [0.25, 0.3) is 0 Å². The Morgan fingerprint density at radius 1 is 1.26 bits per heavy atom. The van der Waals surface area contributed by atoms with Crippen LogP contribution in [-0.2, 0) is 16.3 Å². The lowest BCUT2D eigenvalue weighted by Gasteiger charge is -2.33. The first-order valence-electron chi connectivity index (χ1n) is 9.13. The first kappa shape index (κ1) is 25.3. The molecule has 34 heavy (non-hydrogen) atoms. The van der Waals surface area contributed by atoms with Crippen molar-refractivity contribution >= 4 is 41.1 Å². The molecule has 9 nitrogen and oxygen atoms in total. The van der Waals surface area contributed by atoms with Crippen molar-refractivity contribution < 1.29 is 23.0 Å². The van der Waals surface area contributed by atoms with Gasteiger partial charge in [0.05, 0.1) is 0 Å². The topological polar surface area (TPSA) is 140 Å². The molecular formula is C20H13ClF2N6O3S2. The third kappa shape index (κ3) is 5.58. The highest BCUT2D eigenvalue weighted by molar-refractivity contribution is 8.05. The Hall–Kier alpha value is -3.36. The summed E-state index contributed by atoms with van der Waals surface area (Å²) in [5.41, 5.74) is 6.49. The molecule has 0 aliphatic heterocycles. The highest BCUT2D eigenvalue weighted by Crippen LogP contribution is 2.41. The van der Waals surface area contributed by atoms with Crippen molar-refractivity contribution in [3.05, 3.63) is 71.0 Å². The van der Waals surface area contributed by atoms with E-state index in [1.54, 1.807) is 17.5 Å². The van der Waals surface area contributed by atoms with Crippen LogP contribution < -0.4 is 10.5 Å². The molecule has 0 aliphatic carbocycles. The third-order valence-electron chi connectivity index (χ3n) is 4.28. The van der Waals surface area contributed by atoms with Crippen LogP contribution in [0.1, 0.15) is 11.7 Å². The molecule has 0 aliphatic rings. The Kier molecular flexibility index (Phi) is 8.31. The minimum Gasteiger partial charge on any atom is -0.479 e. The van der Waals surface area contributed by atoms with Crippen molar-refractivity contribution in [2.75, 3.05) is 0 Å². The van der Waals surface area contributed by atoms with E-state index in [4.69, 9.17) is 32.1 Å². The van der Waals surface area contributed by atoms with E-state index in [2.05, 4.69) is 10.1 Å². The molecule has 2 aromatic carbocycles. The fraction of sp³-hybridized carbons (Fsp3) is 0.150. The first-order valence-corrected chi connectivity index (χ1v) is 11.1. The fourth-order valence-corrected chi connectivity index (χ4v) is 3.94. The number of thiocyanates is 2. The van der Waals surface area contributed by atoms with E-state index in [9.17, 15) is 18.8 Å². The largest absolute Gasteiger partial charge is 0.479 e.